The van der Waals surface area contributed by atoms with E-state index < -0.39 is 11.9 Å². The van der Waals surface area contributed by atoms with Gasteiger partial charge in [-0.3, -0.25) is 0 Å². The summed E-state index contributed by atoms with van der Waals surface area (Å²) in [7, 11) is 1.24. The van der Waals surface area contributed by atoms with Crippen molar-refractivity contribution in [3.8, 4) is 0 Å². The third kappa shape index (κ3) is 1.82. The molecule has 2 aromatic rings. The minimum absolute atomic E-state index is 0.0296. The lowest BCUT2D eigenvalue weighted by Gasteiger charge is -2.10. The van der Waals surface area contributed by atoms with E-state index in [4.69, 9.17) is 0 Å². The van der Waals surface area contributed by atoms with Gasteiger partial charge in [0.05, 0.1) is 18.2 Å². The largest absolute Gasteiger partial charge is 0.478 e. The first-order valence-electron chi connectivity index (χ1n) is 5.40. The number of esters is 1. The van der Waals surface area contributed by atoms with Gasteiger partial charge in [-0.25, -0.2) is 9.59 Å². The van der Waals surface area contributed by atoms with Crippen molar-refractivity contribution in [1.82, 2.24) is 0 Å². The van der Waals surface area contributed by atoms with Crippen LogP contribution in [0.15, 0.2) is 30.3 Å². The average molecular weight is 244 g/mol. The number of hydrogen-bond acceptors (Lipinski definition) is 3. The average Bonchev–Trinajstić information content (AvgIpc) is 2.37. The monoisotopic (exact) mass is 244 g/mol. The zero-order chi connectivity index (χ0) is 13.3. The number of methoxy groups -OCH3 is 1. The molecule has 0 fully saturated rings. The Morgan fingerprint density at radius 3 is 2.33 bits per heavy atom. The molecule has 0 heterocycles. The van der Waals surface area contributed by atoms with E-state index in [-0.39, 0.29) is 11.1 Å². The Labute approximate surface area is 104 Å². The molecule has 0 radical (unpaired) electrons. The normalized spacial score (nSPS) is 10.3. The molecule has 0 saturated carbocycles. The molecule has 0 spiro atoms. The minimum atomic E-state index is -1.13. The van der Waals surface area contributed by atoms with E-state index in [1.807, 2.05) is 19.1 Å². The summed E-state index contributed by atoms with van der Waals surface area (Å²) in [6.07, 6.45) is 0. The van der Waals surface area contributed by atoms with Gasteiger partial charge in [0.1, 0.15) is 0 Å². The zero-order valence-corrected chi connectivity index (χ0v) is 10.1. The predicted octanol–water partition coefficient (Wildman–Crippen LogP) is 2.63. The summed E-state index contributed by atoms with van der Waals surface area (Å²) in [6, 6.07) is 8.68. The van der Waals surface area contributed by atoms with E-state index in [0.717, 1.165) is 10.9 Å². The Balaban J connectivity index is 2.93. The second-order valence-electron chi connectivity index (χ2n) is 3.96. The van der Waals surface area contributed by atoms with E-state index in [1.165, 1.54) is 13.2 Å². The van der Waals surface area contributed by atoms with Crippen LogP contribution in [-0.4, -0.2) is 24.2 Å². The number of fused-ring (bicyclic) bond motifs is 1. The quantitative estimate of drug-likeness (QED) is 0.825. The lowest BCUT2D eigenvalue weighted by molar-refractivity contribution is 0.0585. The molecule has 0 aliphatic heterocycles. The van der Waals surface area contributed by atoms with Gasteiger partial charge in [-0.2, -0.15) is 0 Å². The maximum absolute atomic E-state index is 11.8. The van der Waals surface area contributed by atoms with Crippen LogP contribution in [0.4, 0.5) is 0 Å². The Morgan fingerprint density at radius 1 is 1.17 bits per heavy atom. The molecule has 4 heteroatoms. The molecule has 0 bridgehead atoms. The van der Waals surface area contributed by atoms with Crippen LogP contribution in [0.3, 0.4) is 0 Å². The summed E-state index contributed by atoms with van der Waals surface area (Å²) in [5.41, 5.74) is 0.889. The molecular formula is C14H12O4. The van der Waals surface area contributed by atoms with Crippen LogP contribution in [0.1, 0.15) is 26.3 Å². The fraction of sp³-hybridized carbons (Fsp3) is 0.143. The standard InChI is InChI=1S/C14H12O4/c1-8-7-11(13(15)16)12(14(17)18-2)10-6-4-3-5-9(8)10/h3-7H,1-2H3,(H,15,16). The van der Waals surface area contributed by atoms with Gasteiger partial charge < -0.3 is 9.84 Å². The van der Waals surface area contributed by atoms with Crippen molar-refractivity contribution in [2.75, 3.05) is 7.11 Å². The minimum Gasteiger partial charge on any atom is -0.478 e. The third-order valence-corrected chi connectivity index (χ3v) is 2.87. The third-order valence-electron chi connectivity index (χ3n) is 2.87. The first-order chi connectivity index (χ1) is 8.56. The van der Waals surface area contributed by atoms with E-state index in [1.54, 1.807) is 12.1 Å². The van der Waals surface area contributed by atoms with Crippen LogP contribution in [0.25, 0.3) is 10.8 Å². The SMILES string of the molecule is COC(=O)c1c(C(=O)O)cc(C)c2ccccc12. The number of aryl methyl sites for hydroxylation is 1. The van der Waals surface area contributed by atoms with Crippen molar-refractivity contribution < 1.29 is 19.4 Å². The van der Waals surface area contributed by atoms with Crippen LogP contribution in [-0.2, 0) is 4.74 Å². The van der Waals surface area contributed by atoms with Crippen LogP contribution in [0, 0.1) is 6.92 Å². The summed E-state index contributed by atoms with van der Waals surface area (Å²) < 4.78 is 4.67. The molecule has 0 unspecified atom stereocenters. The van der Waals surface area contributed by atoms with Crippen LogP contribution < -0.4 is 0 Å². The summed E-state index contributed by atoms with van der Waals surface area (Å²) in [5.74, 6) is -1.77. The van der Waals surface area contributed by atoms with E-state index in [9.17, 15) is 14.7 Å². The van der Waals surface area contributed by atoms with Crippen molar-refractivity contribution in [3.63, 3.8) is 0 Å². The van der Waals surface area contributed by atoms with Gasteiger partial charge in [0.15, 0.2) is 0 Å². The zero-order valence-electron chi connectivity index (χ0n) is 10.1. The highest BCUT2D eigenvalue weighted by atomic mass is 16.5. The van der Waals surface area contributed by atoms with Gasteiger partial charge in [0.25, 0.3) is 0 Å². The molecule has 0 atom stereocenters. The number of benzene rings is 2. The molecule has 2 aromatic carbocycles. The molecule has 0 amide bonds. The molecule has 92 valence electrons. The summed E-state index contributed by atoms with van der Waals surface area (Å²) in [6.45, 7) is 1.82. The summed E-state index contributed by atoms with van der Waals surface area (Å²) >= 11 is 0. The van der Waals surface area contributed by atoms with Gasteiger partial charge in [-0.15, -0.1) is 0 Å². The first kappa shape index (κ1) is 12.1. The Hall–Kier alpha value is -2.36. The molecule has 1 N–H and O–H groups in total. The molecule has 0 aromatic heterocycles. The van der Waals surface area contributed by atoms with Crippen molar-refractivity contribution >= 4 is 22.7 Å². The number of carboxylic acid groups (broad SMARTS) is 1. The topological polar surface area (TPSA) is 63.6 Å². The van der Waals surface area contributed by atoms with E-state index in [2.05, 4.69) is 4.74 Å². The number of aromatic carboxylic acids is 1. The van der Waals surface area contributed by atoms with E-state index in [0.29, 0.717) is 5.39 Å². The number of rotatable bonds is 2. The van der Waals surface area contributed by atoms with Crippen LogP contribution in [0.5, 0.6) is 0 Å². The second kappa shape index (κ2) is 4.49. The first-order valence-corrected chi connectivity index (χ1v) is 5.40. The van der Waals surface area contributed by atoms with Crippen molar-refractivity contribution in [1.29, 1.82) is 0 Å². The van der Waals surface area contributed by atoms with Gasteiger partial charge in [0.2, 0.25) is 0 Å². The lowest BCUT2D eigenvalue weighted by Crippen LogP contribution is -2.11. The van der Waals surface area contributed by atoms with Crippen LogP contribution >= 0.6 is 0 Å². The number of carboxylic acids is 1. The Bertz CT molecular complexity index is 644. The molecule has 4 nitrogen and oxygen atoms in total. The Morgan fingerprint density at radius 2 is 1.78 bits per heavy atom. The molecule has 0 saturated heterocycles. The number of hydrogen-bond donors (Lipinski definition) is 1. The van der Waals surface area contributed by atoms with Gasteiger partial charge >= 0.3 is 11.9 Å². The molecule has 0 aliphatic rings. The highest BCUT2D eigenvalue weighted by Gasteiger charge is 2.21. The van der Waals surface area contributed by atoms with Crippen LogP contribution in [0.2, 0.25) is 0 Å². The lowest BCUT2D eigenvalue weighted by atomic mass is 9.95. The maximum Gasteiger partial charge on any atom is 0.339 e. The summed E-state index contributed by atoms with van der Waals surface area (Å²) in [5, 5.41) is 10.6. The summed E-state index contributed by atoms with van der Waals surface area (Å²) in [4.78, 5) is 23.0. The van der Waals surface area contributed by atoms with Crippen molar-refractivity contribution in [2.24, 2.45) is 0 Å². The second-order valence-corrected chi connectivity index (χ2v) is 3.96. The molecular weight excluding hydrogens is 232 g/mol. The number of carbonyl (C=O) groups excluding carboxylic acids is 1. The van der Waals surface area contributed by atoms with Gasteiger partial charge in [0, 0.05) is 0 Å². The number of ether oxygens (including phenoxy) is 1. The number of carbonyl (C=O) groups is 2. The van der Waals surface area contributed by atoms with Crippen molar-refractivity contribution in [2.45, 2.75) is 6.92 Å². The fourth-order valence-corrected chi connectivity index (χ4v) is 2.05. The Kier molecular flexibility index (Phi) is 3.02. The van der Waals surface area contributed by atoms with Gasteiger partial charge in [-0.1, -0.05) is 24.3 Å². The van der Waals surface area contributed by atoms with Crippen molar-refractivity contribution in [3.05, 3.63) is 47.0 Å². The molecule has 0 aliphatic carbocycles. The van der Waals surface area contributed by atoms with E-state index >= 15 is 0 Å². The van der Waals surface area contributed by atoms with Gasteiger partial charge in [-0.05, 0) is 29.3 Å². The predicted molar refractivity (Wildman–Crippen MR) is 67.0 cm³/mol. The highest BCUT2D eigenvalue weighted by Crippen LogP contribution is 2.26. The fourth-order valence-electron chi connectivity index (χ4n) is 2.05. The molecule has 18 heavy (non-hydrogen) atoms. The smallest absolute Gasteiger partial charge is 0.339 e. The maximum atomic E-state index is 11.8. The highest BCUT2D eigenvalue weighted by molar-refractivity contribution is 6.13. The molecule has 2 rings (SSSR count).